The molecule has 0 bridgehead atoms. The van der Waals surface area contributed by atoms with Gasteiger partial charge in [0.2, 0.25) is 0 Å². The van der Waals surface area contributed by atoms with E-state index in [0.717, 1.165) is 74.6 Å². The fourth-order valence-corrected chi connectivity index (χ4v) is 5.74. The van der Waals surface area contributed by atoms with Crippen molar-refractivity contribution >= 4 is 22.7 Å². The van der Waals surface area contributed by atoms with Crippen molar-refractivity contribution in [3.8, 4) is 17.6 Å². The lowest BCUT2D eigenvalue weighted by molar-refractivity contribution is -0.0592. The number of hydrogen-bond donors (Lipinski definition) is 1. The number of carboxylic acid groups (broad SMARTS) is 1. The van der Waals surface area contributed by atoms with Crippen molar-refractivity contribution in [3.63, 3.8) is 0 Å². The highest BCUT2D eigenvalue weighted by Crippen LogP contribution is 2.29. The predicted octanol–water partition coefficient (Wildman–Crippen LogP) is 5.46. The minimum Gasteiger partial charge on any atom is -0.486 e. The van der Waals surface area contributed by atoms with Crippen molar-refractivity contribution in [1.82, 2.24) is 14.5 Å². The zero-order valence-electron chi connectivity index (χ0n) is 24.8. The molecule has 232 valence electrons. The van der Waals surface area contributed by atoms with Gasteiger partial charge in [-0.3, -0.25) is 4.90 Å². The van der Waals surface area contributed by atoms with Gasteiger partial charge in [-0.25, -0.2) is 18.6 Å². The lowest BCUT2D eigenvalue weighted by Crippen LogP contribution is -2.46. The molecule has 3 aromatic carbocycles. The Morgan fingerprint density at radius 2 is 1.82 bits per heavy atom. The molecule has 1 aliphatic carbocycles. The van der Waals surface area contributed by atoms with Crippen LogP contribution < -0.4 is 9.64 Å². The molecule has 4 aromatic rings. The minimum absolute atomic E-state index is 0.0830. The average Bonchev–Trinajstić information content (AvgIpc) is 3.79. The van der Waals surface area contributed by atoms with Crippen LogP contribution in [-0.2, 0) is 24.4 Å². The van der Waals surface area contributed by atoms with Gasteiger partial charge in [0.05, 0.1) is 35.8 Å². The zero-order chi connectivity index (χ0) is 30.9. The number of ether oxygens (including phenoxy) is 2. The number of halogens is 2. The molecule has 0 radical (unpaired) electrons. The summed E-state index contributed by atoms with van der Waals surface area (Å²) < 4.78 is 42.9. The summed E-state index contributed by atoms with van der Waals surface area (Å²) in [5, 5.41) is 9.51. The van der Waals surface area contributed by atoms with Crippen molar-refractivity contribution in [1.29, 1.82) is 0 Å². The van der Waals surface area contributed by atoms with Gasteiger partial charge in [-0.15, -0.1) is 0 Å². The van der Waals surface area contributed by atoms with E-state index in [1.165, 1.54) is 12.1 Å². The molecular weight excluding hydrogens is 578 g/mol. The quantitative estimate of drug-likeness (QED) is 0.252. The largest absolute Gasteiger partial charge is 0.486 e. The highest BCUT2D eigenvalue weighted by molar-refractivity contribution is 5.92. The fraction of sp³-hybridized carbons (Fsp3) is 0.371. The van der Waals surface area contributed by atoms with Crippen LogP contribution in [0.1, 0.15) is 46.6 Å². The van der Waals surface area contributed by atoms with Crippen LogP contribution in [0.5, 0.6) is 5.75 Å². The third-order valence-corrected chi connectivity index (χ3v) is 8.71. The normalized spacial score (nSPS) is 18.4. The number of benzene rings is 3. The van der Waals surface area contributed by atoms with Gasteiger partial charge in [-0.1, -0.05) is 17.9 Å². The van der Waals surface area contributed by atoms with E-state index >= 15 is 0 Å². The molecule has 2 saturated heterocycles. The van der Waals surface area contributed by atoms with Gasteiger partial charge in [0.25, 0.3) is 0 Å². The van der Waals surface area contributed by atoms with Crippen molar-refractivity contribution in [2.75, 3.05) is 37.7 Å². The Morgan fingerprint density at radius 1 is 1.00 bits per heavy atom. The Labute approximate surface area is 260 Å². The predicted molar refractivity (Wildman–Crippen MR) is 165 cm³/mol. The summed E-state index contributed by atoms with van der Waals surface area (Å²) in [4.78, 5) is 21.0. The molecule has 0 amide bonds. The summed E-state index contributed by atoms with van der Waals surface area (Å²) in [5.41, 5.74) is 3.62. The molecule has 7 rings (SSSR count). The van der Waals surface area contributed by atoms with E-state index in [9.17, 15) is 18.7 Å². The topological polar surface area (TPSA) is 80.1 Å². The van der Waals surface area contributed by atoms with Crippen LogP contribution >= 0.6 is 0 Å². The van der Waals surface area contributed by atoms with Crippen LogP contribution in [0.15, 0.2) is 54.6 Å². The molecule has 3 fully saturated rings. The van der Waals surface area contributed by atoms with Crippen LogP contribution in [0.4, 0.5) is 14.5 Å². The molecule has 1 atom stereocenters. The smallest absolute Gasteiger partial charge is 0.335 e. The molecule has 0 unspecified atom stereocenters. The van der Waals surface area contributed by atoms with Gasteiger partial charge in [-0.05, 0) is 61.7 Å². The Balaban J connectivity index is 0.993. The van der Waals surface area contributed by atoms with Gasteiger partial charge in [0.1, 0.15) is 18.2 Å². The number of anilines is 1. The summed E-state index contributed by atoms with van der Waals surface area (Å²) in [7, 11) is 0. The lowest BCUT2D eigenvalue weighted by atomic mass is 10.1. The van der Waals surface area contributed by atoms with Crippen molar-refractivity contribution in [3.05, 3.63) is 88.7 Å². The summed E-state index contributed by atoms with van der Waals surface area (Å²) in [5.74, 6) is 5.67. The first-order valence-corrected chi connectivity index (χ1v) is 15.4. The molecule has 8 nitrogen and oxygen atoms in total. The van der Waals surface area contributed by atoms with Gasteiger partial charge in [0, 0.05) is 61.6 Å². The SMILES string of the molecule is O=C(O)c1ccc2nc(CN3CCN(c4ccc(F)c(OCc5ccc(C#CC6CC6)cc5F)c4)CC3)n(C[C@@H]3CCO3)c2c1. The third-order valence-electron chi connectivity index (χ3n) is 8.71. The number of hydrogen-bond acceptors (Lipinski definition) is 6. The Bertz CT molecular complexity index is 1800. The molecule has 3 aliphatic rings. The zero-order valence-corrected chi connectivity index (χ0v) is 24.8. The molecule has 10 heteroatoms. The van der Waals surface area contributed by atoms with Crippen LogP contribution in [0, 0.1) is 29.4 Å². The first kappa shape index (κ1) is 29.3. The third kappa shape index (κ3) is 6.65. The van der Waals surface area contributed by atoms with E-state index in [4.69, 9.17) is 14.5 Å². The van der Waals surface area contributed by atoms with Crippen LogP contribution in [-0.4, -0.2) is 64.4 Å². The van der Waals surface area contributed by atoms with E-state index < -0.39 is 17.6 Å². The molecule has 0 spiro atoms. The van der Waals surface area contributed by atoms with Crippen LogP contribution in [0.3, 0.4) is 0 Å². The number of nitrogens with zero attached hydrogens (tertiary/aromatic N) is 4. The molecule has 1 saturated carbocycles. The Kier molecular flexibility index (Phi) is 8.13. The first-order valence-electron chi connectivity index (χ1n) is 15.4. The number of fused-ring (bicyclic) bond motifs is 1. The number of aromatic nitrogens is 2. The fourth-order valence-electron chi connectivity index (χ4n) is 5.74. The van der Waals surface area contributed by atoms with Crippen molar-refractivity contribution in [2.45, 2.75) is 45.1 Å². The molecule has 1 N–H and O–H groups in total. The van der Waals surface area contributed by atoms with E-state index in [1.807, 2.05) is 0 Å². The van der Waals surface area contributed by atoms with Gasteiger partial charge >= 0.3 is 5.97 Å². The van der Waals surface area contributed by atoms with Gasteiger partial charge in [-0.2, -0.15) is 0 Å². The van der Waals surface area contributed by atoms with E-state index in [2.05, 4.69) is 26.2 Å². The summed E-state index contributed by atoms with van der Waals surface area (Å²) >= 11 is 0. The number of carbonyl (C=O) groups is 1. The number of carboxylic acids is 1. The molecular formula is C35H34F2N4O4. The average molecular weight is 613 g/mol. The lowest BCUT2D eigenvalue weighted by Gasteiger charge is -2.36. The standard InChI is InChI=1S/C35H34F2N4O4/c36-29-9-8-27(19-33(29)45-22-26-6-5-24(17-30(26)37)4-3-23-1-2-23)40-14-12-39(13-15-40)21-34-38-31-10-7-25(35(42)43)18-32(31)41(34)20-28-11-16-44-28/h5-10,17-19,23,28H,1-2,11-16,20-22H2,(H,42,43)/t28-/m0/s1. The van der Waals surface area contributed by atoms with E-state index in [-0.39, 0.29) is 24.0 Å². The summed E-state index contributed by atoms with van der Waals surface area (Å²) in [6.07, 6.45) is 3.29. The minimum atomic E-state index is -0.966. The van der Waals surface area contributed by atoms with Gasteiger partial charge in [0.15, 0.2) is 11.6 Å². The molecule has 2 aliphatic heterocycles. The highest BCUT2D eigenvalue weighted by atomic mass is 19.1. The maximum atomic E-state index is 14.7. The van der Waals surface area contributed by atoms with Crippen LogP contribution in [0.2, 0.25) is 0 Å². The Hall–Kier alpha value is -4.46. The highest BCUT2D eigenvalue weighted by Gasteiger charge is 2.25. The number of rotatable bonds is 9. The number of aromatic carboxylic acids is 1. The maximum absolute atomic E-state index is 14.7. The molecule has 1 aromatic heterocycles. The second-order valence-electron chi connectivity index (χ2n) is 11.9. The van der Waals surface area contributed by atoms with Crippen LogP contribution in [0.25, 0.3) is 11.0 Å². The molecule has 45 heavy (non-hydrogen) atoms. The second kappa shape index (κ2) is 12.5. The number of piperazine rings is 1. The summed E-state index contributed by atoms with van der Waals surface area (Å²) in [6.45, 7) is 4.87. The van der Waals surface area contributed by atoms with Gasteiger partial charge < -0.3 is 24.0 Å². The maximum Gasteiger partial charge on any atom is 0.335 e. The number of imidazole rings is 1. The first-order chi connectivity index (χ1) is 21.9. The Morgan fingerprint density at radius 3 is 2.53 bits per heavy atom. The van der Waals surface area contributed by atoms with E-state index in [0.29, 0.717) is 30.1 Å². The summed E-state index contributed by atoms with van der Waals surface area (Å²) in [6, 6.07) is 14.7. The van der Waals surface area contributed by atoms with Crippen molar-refractivity contribution in [2.24, 2.45) is 5.92 Å². The van der Waals surface area contributed by atoms with E-state index in [1.54, 1.807) is 42.5 Å². The second-order valence-corrected chi connectivity index (χ2v) is 11.9. The van der Waals surface area contributed by atoms with Crippen molar-refractivity contribution < 1.29 is 28.2 Å². The monoisotopic (exact) mass is 612 g/mol. The molecule has 3 heterocycles.